The summed E-state index contributed by atoms with van der Waals surface area (Å²) in [5, 5.41) is 0. The van der Waals surface area contributed by atoms with Crippen LogP contribution in [-0.4, -0.2) is 47.1 Å². The maximum Gasteiger partial charge on any atom is 0.0252 e. The molecule has 0 N–H and O–H groups in total. The third kappa shape index (κ3) is 2.98. The van der Waals surface area contributed by atoms with Gasteiger partial charge in [0.2, 0.25) is 0 Å². The zero-order valence-corrected chi connectivity index (χ0v) is 12.2. The Bertz CT molecular complexity index is 211. The van der Waals surface area contributed by atoms with Crippen LogP contribution in [0.5, 0.6) is 0 Å². The minimum atomic E-state index is 0.664. The monoisotopic (exact) mass is 226 g/mol. The molecule has 2 atom stereocenters. The lowest BCUT2D eigenvalue weighted by Gasteiger charge is -2.50. The van der Waals surface area contributed by atoms with Gasteiger partial charge in [-0.25, -0.2) is 0 Å². The van der Waals surface area contributed by atoms with Crippen molar-refractivity contribution in [3.63, 3.8) is 0 Å². The normalized spacial score (nSPS) is 29.6. The molecule has 1 saturated heterocycles. The van der Waals surface area contributed by atoms with Crippen molar-refractivity contribution >= 4 is 0 Å². The SMILES string of the molecule is CC(C)C1CN(C(C)C)CC(C)N1C(C)C. The topological polar surface area (TPSA) is 6.48 Å². The van der Waals surface area contributed by atoms with Crippen molar-refractivity contribution in [3.8, 4) is 0 Å². The first-order valence-corrected chi connectivity index (χ1v) is 6.86. The molecule has 96 valence electrons. The van der Waals surface area contributed by atoms with Crippen LogP contribution in [0.3, 0.4) is 0 Å². The van der Waals surface area contributed by atoms with Crippen LogP contribution in [0.15, 0.2) is 0 Å². The third-order valence-corrected chi connectivity index (χ3v) is 3.91. The van der Waals surface area contributed by atoms with Crippen molar-refractivity contribution in [2.24, 2.45) is 5.92 Å². The molecule has 1 fully saturated rings. The molecule has 1 aliphatic rings. The summed E-state index contributed by atoms with van der Waals surface area (Å²) in [6.07, 6.45) is 0. The largest absolute Gasteiger partial charge is 0.298 e. The Labute approximate surface area is 102 Å². The van der Waals surface area contributed by atoms with Crippen LogP contribution >= 0.6 is 0 Å². The Morgan fingerprint density at radius 1 is 0.875 bits per heavy atom. The van der Waals surface area contributed by atoms with Crippen molar-refractivity contribution < 1.29 is 0 Å². The van der Waals surface area contributed by atoms with E-state index in [9.17, 15) is 0 Å². The van der Waals surface area contributed by atoms with E-state index in [2.05, 4.69) is 58.3 Å². The van der Waals surface area contributed by atoms with E-state index in [1.165, 1.54) is 13.1 Å². The Morgan fingerprint density at radius 3 is 1.81 bits per heavy atom. The molecule has 0 spiro atoms. The van der Waals surface area contributed by atoms with Crippen LogP contribution in [0.4, 0.5) is 0 Å². The fraction of sp³-hybridized carbons (Fsp3) is 1.00. The first-order valence-electron chi connectivity index (χ1n) is 6.86. The molecule has 0 aliphatic carbocycles. The van der Waals surface area contributed by atoms with Crippen LogP contribution in [0.1, 0.15) is 48.5 Å². The molecular weight excluding hydrogens is 196 g/mol. The van der Waals surface area contributed by atoms with Gasteiger partial charge >= 0.3 is 0 Å². The minimum Gasteiger partial charge on any atom is -0.298 e. The highest BCUT2D eigenvalue weighted by Crippen LogP contribution is 2.24. The number of hydrogen-bond donors (Lipinski definition) is 0. The Kier molecular flexibility index (Phi) is 4.81. The molecule has 16 heavy (non-hydrogen) atoms. The van der Waals surface area contributed by atoms with Crippen LogP contribution in [0, 0.1) is 5.92 Å². The summed E-state index contributed by atoms with van der Waals surface area (Å²) in [4.78, 5) is 5.35. The smallest absolute Gasteiger partial charge is 0.0252 e. The third-order valence-electron chi connectivity index (χ3n) is 3.91. The lowest BCUT2D eigenvalue weighted by atomic mass is 9.94. The van der Waals surface area contributed by atoms with Crippen molar-refractivity contribution in [2.75, 3.05) is 13.1 Å². The molecule has 0 bridgehead atoms. The van der Waals surface area contributed by atoms with E-state index in [0.29, 0.717) is 24.2 Å². The van der Waals surface area contributed by atoms with Gasteiger partial charge in [-0.05, 0) is 40.5 Å². The lowest BCUT2D eigenvalue weighted by Crippen LogP contribution is -2.62. The molecule has 0 saturated carbocycles. The van der Waals surface area contributed by atoms with Crippen LogP contribution < -0.4 is 0 Å². The fourth-order valence-corrected chi connectivity index (χ4v) is 3.04. The van der Waals surface area contributed by atoms with Gasteiger partial charge in [-0.2, -0.15) is 0 Å². The summed E-state index contributed by atoms with van der Waals surface area (Å²) < 4.78 is 0. The molecule has 2 nitrogen and oxygen atoms in total. The quantitative estimate of drug-likeness (QED) is 0.730. The van der Waals surface area contributed by atoms with E-state index < -0.39 is 0 Å². The van der Waals surface area contributed by atoms with Gasteiger partial charge in [0.1, 0.15) is 0 Å². The molecule has 0 amide bonds. The summed E-state index contributed by atoms with van der Waals surface area (Å²) in [6.45, 7) is 18.8. The van der Waals surface area contributed by atoms with Gasteiger partial charge < -0.3 is 0 Å². The van der Waals surface area contributed by atoms with E-state index in [-0.39, 0.29) is 0 Å². The van der Waals surface area contributed by atoms with Crippen LogP contribution in [-0.2, 0) is 0 Å². The van der Waals surface area contributed by atoms with E-state index >= 15 is 0 Å². The van der Waals surface area contributed by atoms with Gasteiger partial charge in [0.05, 0.1) is 0 Å². The summed E-state index contributed by atoms with van der Waals surface area (Å²) in [5.41, 5.74) is 0. The van der Waals surface area contributed by atoms with E-state index in [1.807, 2.05) is 0 Å². The van der Waals surface area contributed by atoms with E-state index in [0.717, 1.165) is 5.92 Å². The average molecular weight is 226 g/mol. The highest BCUT2D eigenvalue weighted by molar-refractivity contribution is 4.91. The second-order valence-corrected chi connectivity index (χ2v) is 6.25. The van der Waals surface area contributed by atoms with E-state index in [4.69, 9.17) is 0 Å². The van der Waals surface area contributed by atoms with Crippen molar-refractivity contribution in [1.29, 1.82) is 0 Å². The molecule has 0 radical (unpaired) electrons. The van der Waals surface area contributed by atoms with Gasteiger partial charge in [-0.3, -0.25) is 9.80 Å². The predicted octanol–water partition coefficient (Wildman–Crippen LogP) is 2.83. The maximum absolute atomic E-state index is 2.71. The zero-order valence-electron chi connectivity index (χ0n) is 12.2. The second kappa shape index (κ2) is 5.50. The first kappa shape index (κ1) is 14.0. The second-order valence-electron chi connectivity index (χ2n) is 6.25. The number of rotatable bonds is 3. The first-order chi connectivity index (χ1) is 7.34. The molecule has 2 unspecified atom stereocenters. The van der Waals surface area contributed by atoms with Gasteiger partial charge in [0, 0.05) is 37.3 Å². The molecule has 2 heteroatoms. The molecule has 0 aromatic heterocycles. The molecule has 0 aromatic rings. The Hall–Kier alpha value is -0.0800. The molecule has 1 aliphatic heterocycles. The van der Waals surface area contributed by atoms with E-state index in [1.54, 1.807) is 0 Å². The molecular formula is C14H30N2. The zero-order chi connectivity index (χ0) is 12.5. The Morgan fingerprint density at radius 2 is 1.44 bits per heavy atom. The van der Waals surface area contributed by atoms with Crippen LogP contribution in [0.25, 0.3) is 0 Å². The van der Waals surface area contributed by atoms with Gasteiger partial charge in [-0.15, -0.1) is 0 Å². The average Bonchev–Trinajstić information content (AvgIpc) is 2.15. The molecule has 0 aromatic carbocycles. The summed E-state index contributed by atoms with van der Waals surface area (Å²) in [6, 6.07) is 2.74. The fourth-order valence-electron chi connectivity index (χ4n) is 3.04. The van der Waals surface area contributed by atoms with Gasteiger partial charge in [0.25, 0.3) is 0 Å². The molecule has 1 heterocycles. The van der Waals surface area contributed by atoms with Crippen molar-refractivity contribution in [1.82, 2.24) is 9.80 Å². The standard InChI is InChI=1S/C14H30N2/c1-10(2)14-9-15(11(3)4)8-13(7)16(14)12(5)6/h10-14H,8-9H2,1-7H3. The summed E-state index contributed by atoms with van der Waals surface area (Å²) >= 11 is 0. The van der Waals surface area contributed by atoms with Crippen molar-refractivity contribution in [3.05, 3.63) is 0 Å². The highest BCUT2D eigenvalue weighted by atomic mass is 15.3. The van der Waals surface area contributed by atoms with Crippen molar-refractivity contribution in [2.45, 2.75) is 72.6 Å². The minimum absolute atomic E-state index is 0.664. The highest BCUT2D eigenvalue weighted by Gasteiger charge is 2.35. The number of piperazine rings is 1. The van der Waals surface area contributed by atoms with Gasteiger partial charge in [0.15, 0.2) is 0 Å². The van der Waals surface area contributed by atoms with Gasteiger partial charge in [-0.1, -0.05) is 13.8 Å². The predicted molar refractivity (Wildman–Crippen MR) is 71.8 cm³/mol. The summed E-state index contributed by atoms with van der Waals surface area (Å²) in [7, 11) is 0. The molecule has 1 rings (SSSR count). The number of hydrogen-bond acceptors (Lipinski definition) is 2. The van der Waals surface area contributed by atoms with Crippen LogP contribution in [0.2, 0.25) is 0 Å². The lowest BCUT2D eigenvalue weighted by molar-refractivity contribution is -0.0216. The number of nitrogens with zero attached hydrogens (tertiary/aromatic N) is 2. The maximum atomic E-state index is 2.71. The Balaban J connectivity index is 2.80. The summed E-state index contributed by atoms with van der Waals surface area (Å²) in [5.74, 6) is 0.742.